The van der Waals surface area contributed by atoms with E-state index in [-0.39, 0.29) is 12.0 Å². The molecule has 1 aliphatic heterocycles. The van der Waals surface area contributed by atoms with Gasteiger partial charge in [0.05, 0.1) is 18.2 Å². The number of likely N-dealkylation sites (tertiary alicyclic amines) is 1. The summed E-state index contributed by atoms with van der Waals surface area (Å²) in [6, 6.07) is 14.5. The minimum Gasteiger partial charge on any atom is -0.491 e. The Morgan fingerprint density at radius 2 is 2.00 bits per heavy atom. The van der Waals surface area contributed by atoms with Crippen molar-refractivity contribution < 1.29 is 24.2 Å². The highest BCUT2D eigenvalue weighted by molar-refractivity contribution is 6.30. The second kappa shape index (κ2) is 9.96. The molecule has 1 fully saturated rings. The number of aliphatic carboxylic acids is 1. The van der Waals surface area contributed by atoms with Gasteiger partial charge in [-0.25, -0.2) is 4.79 Å². The molecule has 1 amide bonds. The van der Waals surface area contributed by atoms with Crippen LogP contribution in [0.2, 0.25) is 5.02 Å². The normalized spacial score (nSPS) is 19.2. The monoisotopic (exact) mass is 431 g/mol. The number of hydrogen-bond acceptors (Lipinski definition) is 4. The maximum absolute atomic E-state index is 12.9. The molecule has 1 saturated heterocycles. The van der Waals surface area contributed by atoms with Crippen LogP contribution in [0.15, 0.2) is 48.5 Å². The zero-order chi connectivity index (χ0) is 21.7. The zero-order valence-electron chi connectivity index (χ0n) is 17.1. The molecule has 1 aliphatic rings. The number of ether oxygens (including phenoxy) is 2. The predicted molar refractivity (Wildman–Crippen MR) is 114 cm³/mol. The topological polar surface area (TPSA) is 76.1 Å². The third kappa shape index (κ3) is 5.74. The summed E-state index contributed by atoms with van der Waals surface area (Å²) in [5.41, 5.74) is 1.74. The Balaban J connectivity index is 1.96. The van der Waals surface area contributed by atoms with Gasteiger partial charge in [-0.2, -0.15) is 0 Å². The molecular formula is C23H26ClNO5. The van der Waals surface area contributed by atoms with Crippen LogP contribution in [0.25, 0.3) is 0 Å². The Hall–Kier alpha value is -2.57. The van der Waals surface area contributed by atoms with Gasteiger partial charge in [0.2, 0.25) is 5.91 Å². The van der Waals surface area contributed by atoms with Gasteiger partial charge in [0.1, 0.15) is 12.4 Å². The molecule has 2 aromatic rings. The van der Waals surface area contributed by atoms with Crippen molar-refractivity contribution in [1.29, 1.82) is 0 Å². The van der Waals surface area contributed by atoms with Crippen LogP contribution in [0, 0.1) is 0 Å². The smallest absolute Gasteiger partial charge is 0.329 e. The van der Waals surface area contributed by atoms with Gasteiger partial charge < -0.3 is 19.5 Å². The van der Waals surface area contributed by atoms with E-state index in [1.54, 1.807) is 11.0 Å². The number of carboxylic acid groups (broad SMARTS) is 1. The molecule has 1 heterocycles. The standard InChI is InChI=1S/C23H26ClNO5/c1-15(2)30-19-8-4-6-17(12-19)23-20(29-14-22(27)28)9-10-21(26)25(23)13-16-5-3-7-18(24)11-16/h3-8,11-12,15,20,23H,9-10,13-14H2,1-2H3,(H,27,28)/t20-,23+/m0/s1. The summed E-state index contributed by atoms with van der Waals surface area (Å²) in [5, 5.41) is 9.68. The van der Waals surface area contributed by atoms with Crippen LogP contribution in [0.3, 0.4) is 0 Å². The average molecular weight is 432 g/mol. The first-order valence-electron chi connectivity index (χ1n) is 9.97. The molecule has 1 N–H and O–H groups in total. The van der Waals surface area contributed by atoms with Crippen molar-refractivity contribution in [3.63, 3.8) is 0 Å². The van der Waals surface area contributed by atoms with Crippen LogP contribution in [0.1, 0.15) is 43.9 Å². The molecule has 0 aliphatic carbocycles. The SMILES string of the molecule is CC(C)Oc1cccc([C@@H]2[C@@H](OCC(=O)O)CCC(=O)N2Cc2cccc(Cl)c2)c1. The summed E-state index contributed by atoms with van der Waals surface area (Å²) in [5.74, 6) is -0.352. The molecule has 2 aromatic carbocycles. The van der Waals surface area contributed by atoms with Gasteiger partial charge >= 0.3 is 5.97 Å². The molecule has 160 valence electrons. The van der Waals surface area contributed by atoms with Crippen LogP contribution >= 0.6 is 11.6 Å². The van der Waals surface area contributed by atoms with Gasteiger partial charge in [0.15, 0.2) is 0 Å². The lowest BCUT2D eigenvalue weighted by Crippen LogP contribution is -2.46. The Kier molecular flexibility index (Phi) is 7.34. The fourth-order valence-corrected chi connectivity index (χ4v) is 3.95. The van der Waals surface area contributed by atoms with Crippen molar-refractivity contribution in [3.8, 4) is 5.75 Å². The Labute approximate surface area is 181 Å². The fourth-order valence-electron chi connectivity index (χ4n) is 3.73. The molecule has 6 nitrogen and oxygen atoms in total. The molecule has 0 unspecified atom stereocenters. The first kappa shape index (κ1) is 22.1. The van der Waals surface area contributed by atoms with Gasteiger partial charge in [0.25, 0.3) is 0 Å². The molecule has 30 heavy (non-hydrogen) atoms. The zero-order valence-corrected chi connectivity index (χ0v) is 17.8. The lowest BCUT2D eigenvalue weighted by atomic mass is 9.91. The van der Waals surface area contributed by atoms with Crippen LogP contribution in [0.5, 0.6) is 5.75 Å². The molecule has 0 aromatic heterocycles. The number of rotatable bonds is 8. The molecule has 2 atom stereocenters. The second-order valence-corrected chi connectivity index (χ2v) is 8.05. The highest BCUT2D eigenvalue weighted by atomic mass is 35.5. The lowest BCUT2D eigenvalue weighted by molar-refractivity contribution is -0.154. The Morgan fingerprint density at radius 3 is 2.70 bits per heavy atom. The number of amides is 1. The molecule has 0 bridgehead atoms. The lowest BCUT2D eigenvalue weighted by Gasteiger charge is -2.41. The number of hydrogen-bond donors (Lipinski definition) is 1. The van der Waals surface area contributed by atoms with Crippen molar-refractivity contribution in [3.05, 3.63) is 64.7 Å². The molecule has 0 radical (unpaired) electrons. The summed E-state index contributed by atoms with van der Waals surface area (Å²) in [7, 11) is 0. The van der Waals surface area contributed by atoms with E-state index in [9.17, 15) is 9.59 Å². The predicted octanol–water partition coefficient (Wildman–Crippen LogP) is 4.46. The summed E-state index contributed by atoms with van der Waals surface area (Å²) in [6.45, 7) is 3.83. The third-order valence-corrected chi connectivity index (χ3v) is 5.12. The van der Waals surface area contributed by atoms with E-state index in [1.807, 2.05) is 56.3 Å². The Morgan fingerprint density at radius 1 is 1.23 bits per heavy atom. The van der Waals surface area contributed by atoms with Crippen molar-refractivity contribution >= 4 is 23.5 Å². The molecule has 7 heteroatoms. The van der Waals surface area contributed by atoms with Gasteiger partial charge in [0, 0.05) is 18.0 Å². The van der Waals surface area contributed by atoms with E-state index in [0.717, 1.165) is 11.1 Å². The van der Waals surface area contributed by atoms with Crippen molar-refractivity contribution in [1.82, 2.24) is 4.90 Å². The third-order valence-electron chi connectivity index (χ3n) is 4.89. The van der Waals surface area contributed by atoms with Crippen molar-refractivity contribution in [2.75, 3.05) is 6.61 Å². The molecule has 0 spiro atoms. The maximum Gasteiger partial charge on any atom is 0.329 e. The summed E-state index contributed by atoms with van der Waals surface area (Å²) in [4.78, 5) is 25.7. The number of carbonyl (C=O) groups excluding carboxylic acids is 1. The van der Waals surface area contributed by atoms with E-state index < -0.39 is 24.7 Å². The number of carboxylic acids is 1. The first-order chi connectivity index (χ1) is 14.3. The van der Waals surface area contributed by atoms with Gasteiger partial charge in [-0.15, -0.1) is 0 Å². The van der Waals surface area contributed by atoms with E-state index in [0.29, 0.717) is 30.2 Å². The molecule has 0 saturated carbocycles. The number of piperidine rings is 1. The van der Waals surface area contributed by atoms with Gasteiger partial charge in [-0.1, -0.05) is 35.9 Å². The van der Waals surface area contributed by atoms with E-state index in [1.165, 1.54) is 0 Å². The number of halogens is 1. The van der Waals surface area contributed by atoms with Crippen LogP contribution in [-0.4, -0.2) is 40.7 Å². The van der Waals surface area contributed by atoms with Crippen LogP contribution in [-0.2, 0) is 20.9 Å². The number of nitrogens with zero attached hydrogens (tertiary/aromatic N) is 1. The first-order valence-corrected chi connectivity index (χ1v) is 10.3. The van der Waals surface area contributed by atoms with E-state index in [4.69, 9.17) is 26.2 Å². The summed E-state index contributed by atoms with van der Waals surface area (Å²) >= 11 is 6.12. The number of benzene rings is 2. The van der Waals surface area contributed by atoms with Crippen LogP contribution in [0.4, 0.5) is 0 Å². The van der Waals surface area contributed by atoms with Gasteiger partial charge in [-0.3, -0.25) is 4.79 Å². The maximum atomic E-state index is 12.9. The number of carbonyl (C=O) groups is 2. The van der Waals surface area contributed by atoms with E-state index in [2.05, 4.69) is 0 Å². The summed E-state index contributed by atoms with van der Waals surface area (Å²) < 4.78 is 11.5. The fraction of sp³-hybridized carbons (Fsp3) is 0.391. The quantitative estimate of drug-likeness (QED) is 0.667. The summed E-state index contributed by atoms with van der Waals surface area (Å²) in [6.07, 6.45) is 0.323. The van der Waals surface area contributed by atoms with Crippen LogP contribution < -0.4 is 4.74 Å². The Bertz CT molecular complexity index is 901. The van der Waals surface area contributed by atoms with Crippen molar-refractivity contribution in [2.45, 2.75) is 51.5 Å². The highest BCUT2D eigenvalue weighted by Crippen LogP contribution is 2.36. The van der Waals surface area contributed by atoms with Crippen molar-refractivity contribution in [2.24, 2.45) is 0 Å². The second-order valence-electron chi connectivity index (χ2n) is 7.62. The highest BCUT2D eigenvalue weighted by Gasteiger charge is 2.38. The largest absolute Gasteiger partial charge is 0.491 e. The minimum atomic E-state index is -1.04. The molecular weight excluding hydrogens is 406 g/mol. The van der Waals surface area contributed by atoms with Gasteiger partial charge in [-0.05, 0) is 55.7 Å². The minimum absolute atomic E-state index is 0.00895. The van der Waals surface area contributed by atoms with E-state index >= 15 is 0 Å². The molecule has 3 rings (SSSR count). The average Bonchev–Trinajstić information content (AvgIpc) is 2.68.